The van der Waals surface area contributed by atoms with E-state index in [0.717, 1.165) is 12.8 Å². The summed E-state index contributed by atoms with van der Waals surface area (Å²) in [5.74, 6) is -0.815. The Labute approximate surface area is 76.5 Å². The van der Waals surface area contributed by atoms with Crippen molar-refractivity contribution in [2.24, 2.45) is 5.41 Å². The molecule has 1 heterocycles. The Morgan fingerprint density at radius 3 is 2.54 bits per heavy atom. The van der Waals surface area contributed by atoms with Gasteiger partial charge in [-0.2, -0.15) is 0 Å². The van der Waals surface area contributed by atoms with Crippen LogP contribution in [0.3, 0.4) is 0 Å². The topological polar surface area (TPSA) is 66.8 Å². The number of carbonyl (C=O) groups is 1. The second-order valence-corrected chi connectivity index (χ2v) is 4.03. The third kappa shape index (κ3) is 1.25. The van der Waals surface area contributed by atoms with Crippen molar-refractivity contribution >= 4 is 5.97 Å². The number of hydrogen-bond acceptors (Lipinski definition) is 3. The fourth-order valence-corrected chi connectivity index (χ4v) is 2.37. The predicted octanol–water partition coefficient (Wildman–Crippen LogP) is 0.391. The van der Waals surface area contributed by atoms with E-state index in [0.29, 0.717) is 19.4 Å². The molecule has 1 atom stereocenters. The predicted molar refractivity (Wildman–Crippen MR) is 44.3 cm³/mol. The highest BCUT2D eigenvalue weighted by Gasteiger charge is 2.56. The van der Waals surface area contributed by atoms with E-state index in [1.165, 1.54) is 0 Å². The fraction of sp³-hybridized carbons (Fsp3) is 0.889. The minimum absolute atomic E-state index is 0.173. The first-order valence-corrected chi connectivity index (χ1v) is 4.68. The smallest absolute Gasteiger partial charge is 0.312 e. The number of hydrogen-bond donors (Lipinski definition) is 2. The van der Waals surface area contributed by atoms with Crippen molar-refractivity contribution in [2.45, 2.75) is 37.9 Å². The number of aliphatic carboxylic acids is 1. The van der Waals surface area contributed by atoms with E-state index in [1.807, 2.05) is 0 Å². The SMILES string of the molecule is O=C(O)C1(C2CCCO2)CC(O)C1. The van der Waals surface area contributed by atoms with Crippen LogP contribution in [0.25, 0.3) is 0 Å². The summed E-state index contributed by atoms with van der Waals surface area (Å²) in [5, 5.41) is 18.2. The molecule has 2 aliphatic rings. The molecule has 1 unspecified atom stereocenters. The van der Waals surface area contributed by atoms with E-state index in [1.54, 1.807) is 0 Å². The average molecular weight is 186 g/mol. The molecule has 74 valence electrons. The molecule has 1 aliphatic heterocycles. The van der Waals surface area contributed by atoms with Gasteiger partial charge in [-0.05, 0) is 25.7 Å². The van der Waals surface area contributed by atoms with E-state index in [9.17, 15) is 9.90 Å². The Morgan fingerprint density at radius 2 is 2.15 bits per heavy atom. The van der Waals surface area contributed by atoms with Gasteiger partial charge in [0.1, 0.15) is 0 Å². The van der Waals surface area contributed by atoms with Crippen molar-refractivity contribution in [1.82, 2.24) is 0 Å². The Kier molecular flexibility index (Phi) is 2.04. The van der Waals surface area contributed by atoms with E-state index in [4.69, 9.17) is 9.84 Å². The van der Waals surface area contributed by atoms with Crippen molar-refractivity contribution in [1.29, 1.82) is 0 Å². The summed E-state index contributed by atoms with van der Waals surface area (Å²) >= 11 is 0. The zero-order chi connectivity index (χ0) is 9.47. The van der Waals surface area contributed by atoms with E-state index in [-0.39, 0.29) is 6.10 Å². The minimum atomic E-state index is -0.815. The highest BCUT2D eigenvalue weighted by atomic mass is 16.5. The Hall–Kier alpha value is -0.610. The molecule has 2 fully saturated rings. The van der Waals surface area contributed by atoms with Crippen molar-refractivity contribution in [2.75, 3.05) is 6.61 Å². The second-order valence-electron chi connectivity index (χ2n) is 4.03. The van der Waals surface area contributed by atoms with Crippen molar-refractivity contribution in [3.8, 4) is 0 Å². The quantitative estimate of drug-likeness (QED) is 0.654. The summed E-state index contributed by atoms with van der Waals surface area (Å²) in [4.78, 5) is 11.0. The Bertz CT molecular complexity index is 214. The molecule has 1 saturated carbocycles. The molecule has 1 aliphatic carbocycles. The van der Waals surface area contributed by atoms with Crippen LogP contribution < -0.4 is 0 Å². The number of rotatable bonds is 2. The lowest BCUT2D eigenvalue weighted by Gasteiger charge is -2.45. The number of carboxylic acids is 1. The third-order valence-electron chi connectivity index (χ3n) is 3.17. The summed E-state index contributed by atoms with van der Waals surface area (Å²) in [6.45, 7) is 0.662. The number of ether oxygens (including phenoxy) is 1. The van der Waals surface area contributed by atoms with E-state index < -0.39 is 17.5 Å². The maximum absolute atomic E-state index is 11.0. The highest BCUT2D eigenvalue weighted by Crippen LogP contribution is 2.48. The van der Waals surface area contributed by atoms with Crippen LogP contribution in [0.15, 0.2) is 0 Å². The standard InChI is InChI=1S/C9H14O4/c10-6-4-9(5-6,8(11)12)7-2-1-3-13-7/h6-7,10H,1-5H2,(H,11,12). The van der Waals surface area contributed by atoms with Crippen LogP contribution in [-0.4, -0.2) is 35.0 Å². The molecule has 13 heavy (non-hydrogen) atoms. The van der Waals surface area contributed by atoms with Crippen molar-refractivity contribution < 1.29 is 19.7 Å². The van der Waals surface area contributed by atoms with Crippen molar-refractivity contribution in [3.63, 3.8) is 0 Å². The maximum atomic E-state index is 11.0. The molecule has 2 rings (SSSR count). The molecule has 0 aromatic rings. The lowest BCUT2D eigenvalue weighted by Crippen LogP contribution is -2.54. The number of aliphatic hydroxyl groups excluding tert-OH is 1. The van der Waals surface area contributed by atoms with Gasteiger partial charge in [-0.25, -0.2) is 0 Å². The molecule has 0 amide bonds. The zero-order valence-corrected chi connectivity index (χ0v) is 7.40. The molecule has 2 N–H and O–H groups in total. The molecule has 0 aromatic carbocycles. The molecule has 0 radical (unpaired) electrons. The van der Waals surface area contributed by atoms with Crippen LogP contribution in [0.2, 0.25) is 0 Å². The zero-order valence-electron chi connectivity index (χ0n) is 7.40. The van der Waals surface area contributed by atoms with Gasteiger partial charge in [0.2, 0.25) is 0 Å². The van der Waals surface area contributed by atoms with Gasteiger partial charge in [0.05, 0.1) is 17.6 Å². The number of carboxylic acid groups (broad SMARTS) is 1. The van der Waals surface area contributed by atoms with E-state index >= 15 is 0 Å². The largest absolute Gasteiger partial charge is 0.481 e. The first-order valence-electron chi connectivity index (χ1n) is 4.68. The van der Waals surface area contributed by atoms with Gasteiger partial charge in [-0.1, -0.05) is 0 Å². The summed E-state index contributed by atoms with van der Waals surface area (Å²) in [6.07, 6.45) is 1.85. The first-order chi connectivity index (χ1) is 6.15. The fourth-order valence-electron chi connectivity index (χ4n) is 2.37. The van der Waals surface area contributed by atoms with Gasteiger partial charge in [0, 0.05) is 6.61 Å². The summed E-state index contributed by atoms with van der Waals surface area (Å²) in [6, 6.07) is 0. The molecule has 4 heteroatoms. The molecular formula is C9H14O4. The van der Waals surface area contributed by atoms with Crippen LogP contribution in [-0.2, 0) is 9.53 Å². The Morgan fingerprint density at radius 1 is 1.46 bits per heavy atom. The van der Waals surface area contributed by atoms with Crippen LogP contribution in [0.4, 0.5) is 0 Å². The molecular weight excluding hydrogens is 172 g/mol. The molecule has 1 saturated heterocycles. The second kappa shape index (κ2) is 2.96. The summed E-state index contributed by atoms with van der Waals surface area (Å²) in [5.41, 5.74) is -0.782. The van der Waals surface area contributed by atoms with Crippen LogP contribution in [0, 0.1) is 5.41 Å². The number of aliphatic hydroxyl groups is 1. The summed E-state index contributed by atoms with van der Waals surface area (Å²) < 4.78 is 5.38. The normalized spacial score (nSPS) is 44.4. The van der Waals surface area contributed by atoms with E-state index in [2.05, 4.69) is 0 Å². The maximum Gasteiger partial charge on any atom is 0.312 e. The minimum Gasteiger partial charge on any atom is -0.481 e. The lowest BCUT2D eigenvalue weighted by atomic mass is 9.63. The Balaban J connectivity index is 2.10. The highest BCUT2D eigenvalue weighted by molar-refractivity contribution is 5.77. The molecule has 0 aromatic heterocycles. The van der Waals surface area contributed by atoms with Gasteiger partial charge in [0.25, 0.3) is 0 Å². The van der Waals surface area contributed by atoms with Gasteiger partial charge in [0.15, 0.2) is 0 Å². The third-order valence-corrected chi connectivity index (χ3v) is 3.17. The molecule has 4 nitrogen and oxygen atoms in total. The van der Waals surface area contributed by atoms with Gasteiger partial charge in [-0.15, -0.1) is 0 Å². The summed E-state index contributed by atoms with van der Waals surface area (Å²) in [7, 11) is 0. The van der Waals surface area contributed by atoms with Gasteiger partial charge in [-0.3, -0.25) is 4.79 Å². The van der Waals surface area contributed by atoms with Crippen LogP contribution >= 0.6 is 0 Å². The van der Waals surface area contributed by atoms with Gasteiger partial charge < -0.3 is 14.9 Å². The average Bonchev–Trinajstić information content (AvgIpc) is 2.49. The van der Waals surface area contributed by atoms with Crippen LogP contribution in [0.5, 0.6) is 0 Å². The van der Waals surface area contributed by atoms with Crippen molar-refractivity contribution in [3.05, 3.63) is 0 Å². The lowest BCUT2D eigenvalue weighted by molar-refractivity contribution is -0.179. The monoisotopic (exact) mass is 186 g/mol. The molecule has 0 spiro atoms. The molecule has 0 bridgehead atoms. The first kappa shape index (κ1) is 8.97. The van der Waals surface area contributed by atoms with Crippen LogP contribution in [0.1, 0.15) is 25.7 Å². The van der Waals surface area contributed by atoms with Gasteiger partial charge >= 0.3 is 5.97 Å².